The van der Waals surface area contributed by atoms with Crippen molar-refractivity contribution in [3.8, 4) is 11.6 Å². The highest BCUT2D eigenvalue weighted by Crippen LogP contribution is 2.24. The first-order valence-corrected chi connectivity index (χ1v) is 5.72. The largest absolute Gasteiger partial charge is 0.476 e. The van der Waals surface area contributed by atoms with Crippen LogP contribution in [0.1, 0.15) is 10.5 Å². The molecule has 0 fully saturated rings. The number of rotatable bonds is 3. The smallest absolute Gasteiger partial charge is 0.356 e. The van der Waals surface area contributed by atoms with Gasteiger partial charge < -0.3 is 9.84 Å². The topological polar surface area (TPSA) is 72.3 Å². The molecule has 6 heteroatoms. The molecule has 0 radical (unpaired) electrons. The highest BCUT2D eigenvalue weighted by atomic mass is 127. The van der Waals surface area contributed by atoms with E-state index >= 15 is 0 Å². The number of halogens is 1. The fourth-order valence-corrected chi connectivity index (χ4v) is 1.64. The van der Waals surface area contributed by atoms with Crippen LogP contribution < -0.4 is 4.74 Å². The standard InChI is InChI=1S/C11H7IN2O3/c12-7-3-1-2-4-9(7)17-10-6-13-5-8(14-10)11(15)16/h1-6H,(H,15,16). The number of hydrogen-bond acceptors (Lipinski definition) is 4. The van der Waals surface area contributed by atoms with Crippen LogP contribution in [0.4, 0.5) is 0 Å². The highest BCUT2D eigenvalue weighted by Gasteiger charge is 2.08. The van der Waals surface area contributed by atoms with Gasteiger partial charge in [0, 0.05) is 0 Å². The molecule has 0 aliphatic rings. The summed E-state index contributed by atoms with van der Waals surface area (Å²) < 4.78 is 6.37. The van der Waals surface area contributed by atoms with Gasteiger partial charge in [-0.25, -0.2) is 9.78 Å². The molecule has 2 aromatic rings. The van der Waals surface area contributed by atoms with E-state index in [4.69, 9.17) is 9.84 Å². The molecule has 0 amide bonds. The molecule has 0 saturated heterocycles. The minimum absolute atomic E-state index is 0.145. The van der Waals surface area contributed by atoms with Crippen LogP contribution in [0.3, 0.4) is 0 Å². The predicted molar refractivity (Wildman–Crippen MR) is 68.2 cm³/mol. The molecule has 5 nitrogen and oxygen atoms in total. The van der Waals surface area contributed by atoms with Gasteiger partial charge in [-0.1, -0.05) is 12.1 Å². The Morgan fingerprint density at radius 3 is 2.76 bits per heavy atom. The van der Waals surface area contributed by atoms with Gasteiger partial charge in [-0.3, -0.25) is 4.98 Å². The van der Waals surface area contributed by atoms with Gasteiger partial charge in [0.05, 0.1) is 16.0 Å². The van der Waals surface area contributed by atoms with E-state index in [0.717, 1.165) is 3.57 Å². The summed E-state index contributed by atoms with van der Waals surface area (Å²) in [5, 5.41) is 8.77. The van der Waals surface area contributed by atoms with Gasteiger partial charge in [-0.05, 0) is 34.7 Å². The lowest BCUT2D eigenvalue weighted by Gasteiger charge is -2.06. The Kier molecular flexibility index (Phi) is 3.52. The third kappa shape index (κ3) is 2.90. The molecule has 2 rings (SSSR count). The van der Waals surface area contributed by atoms with Gasteiger partial charge in [-0.15, -0.1) is 0 Å². The van der Waals surface area contributed by atoms with Gasteiger partial charge in [0.1, 0.15) is 5.75 Å². The van der Waals surface area contributed by atoms with E-state index < -0.39 is 5.97 Å². The quantitative estimate of drug-likeness (QED) is 0.868. The maximum atomic E-state index is 10.7. The molecule has 0 spiro atoms. The van der Waals surface area contributed by atoms with Crippen LogP contribution in [-0.4, -0.2) is 21.0 Å². The van der Waals surface area contributed by atoms with Gasteiger partial charge in [0.25, 0.3) is 0 Å². The summed E-state index contributed by atoms with van der Waals surface area (Å²) in [6.07, 6.45) is 2.54. The first kappa shape index (κ1) is 11.8. The third-order valence-corrected chi connectivity index (χ3v) is 2.77. The number of para-hydroxylation sites is 1. The van der Waals surface area contributed by atoms with Crippen LogP contribution >= 0.6 is 22.6 Å². The van der Waals surface area contributed by atoms with E-state index in [1.54, 1.807) is 6.07 Å². The number of carbonyl (C=O) groups is 1. The molecular weight excluding hydrogens is 335 g/mol. The van der Waals surface area contributed by atoms with Crippen LogP contribution in [0.5, 0.6) is 11.6 Å². The van der Waals surface area contributed by atoms with Crippen LogP contribution in [0, 0.1) is 3.57 Å². The van der Waals surface area contributed by atoms with Gasteiger partial charge >= 0.3 is 5.97 Å². The van der Waals surface area contributed by atoms with Crippen LogP contribution in [0.25, 0.3) is 0 Å². The van der Waals surface area contributed by atoms with Gasteiger partial charge in [0.15, 0.2) is 5.69 Å². The summed E-state index contributed by atoms with van der Waals surface area (Å²) >= 11 is 2.12. The number of carboxylic acids is 1. The molecule has 1 aromatic carbocycles. The summed E-state index contributed by atoms with van der Waals surface area (Å²) in [4.78, 5) is 18.3. The summed E-state index contributed by atoms with van der Waals surface area (Å²) in [6.45, 7) is 0. The molecule has 0 bridgehead atoms. The zero-order chi connectivity index (χ0) is 12.3. The Balaban J connectivity index is 2.28. The number of nitrogens with zero attached hydrogens (tertiary/aromatic N) is 2. The Bertz CT molecular complexity index is 560. The second kappa shape index (κ2) is 5.09. The van der Waals surface area contributed by atoms with Crippen molar-refractivity contribution in [2.75, 3.05) is 0 Å². The maximum absolute atomic E-state index is 10.7. The monoisotopic (exact) mass is 342 g/mol. The van der Waals surface area contributed by atoms with E-state index in [1.807, 2.05) is 18.2 Å². The number of aromatic nitrogens is 2. The molecule has 0 atom stereocenters. The average Bonchev–Trinajstić information content (AvgIpc) is 2.32. The van der Waals surface area contributed by atoms with E-state index in [2.05, 4.69) is 32.6 Å². The molecule has 86 valence electrons. The minimum Gasteiger partial charge on any atom is -0.476 e. The average molecular weight is 342 g/mol. The zero-order valence-electron chi connectivity index (χ0n) is 8.50. The van der Waals surface area contributed by atoms with Crippen molar-refractivity contribution in [3.63, 3.8) is 0 Å². The lowest BCUT2D eigenvalue weighted by molar-refractivity contribution is 0.0689. The Morgan fingerprint density at radius 2 is 2.06 bits per heavy atom. The zero-order valence-corrected chi connectivity index (χ0v) is 10.7. The minimum atomic E-state index is -1.13. The summed E-state index contributed by atoms with van der Waals surface area (Å²) in [6, 6.07) is 7.36. The third-order valence-electron chi connectivity index (χ3n) is 1.88. The van der Waals surface area contributed by atoms with Crippen molar-refractivity contribution in [2.45, 2.75) is 0 Å². The van der Waals surface area contributed by atoms with Crippen molar-refractivity contribution in [1.82, 2.24) is 9.97 Å². The van der Waals surface area contributed by atoms with Crippen molar-refractivity contribution >= 4 is 28.6 Å². The van der Waals surface area contributed by atoms with Crippen molar-refractivity contribution < 1.29 is 14.6 Å². The van der Waals surface area contributed by atoms with Crippen molar-refractivity contribution in [2.24, 2.45) is 0 Å². The molecule has 0 aliphatic carbocycles. The molecule has 1 N–H and O–H groups in total. The second-order valence-electron chi connectivity index (χ2n) is 3.08. The number of ether oxygens (including phenoxy) is 1. The Hall–Kier alpha value is -1.70. The van der Waals surface area contributed by atoms with Crippen LogP contribution in [-0.2, 0) is 0 Å². The van der Waals surface area contributed by atoms with E-state index in [9.17, 15) is 4.79 Å². The van der Waals surface area contributed by atoms with E-state index in [0.29, 0.717) is 5.75 Å². The summed E-state index contributed by atoms with van der Waals surface area (Å²) in [7, 11) is 0. The molecule has 0 saturated carbocycles. The van der Waals surface area contributed by atoms with Crippen molar-refractivity contribution in [3.05, 3.63) is 45.9 Å². The van der Waals surface area contributed by atoms with Crippen LogP contribution in [0.2, 0.25) is 0 Å². The first-order valence-electron chi connectivity index (χ1n) is 4.64. The fraction of sp³-hybridized carbons (Fsp3) is 0. The number of benzene rings is 1. The number of hydrogen-bond donors (Lipinski definition) is 1. The maximum Gasteiger partial charge on any atom is 0.356 e. The first-order chi connectivity index (χ1) is 8.16. The lowest BCUT2D eigenvalue weighted by Crippen LogP contribution is -2.02. The van der Waals surface area contributed by atoms with Gasteiger partial charge in [-0.2, -0.15) is 0 Å². The fourth-order valence-electron chi connectivity index (χ4n) is 1.14. The molecule has 17 heavy (non-hydrogen) atoms. The molecule has 0 aliphatic heterocycles. The van der Waals surface area contributed by atoms with E-state index in [-0.39, 0.29) is 11.6 Å². The normalized spacial score (nSPS) is 9.94. The Morgan fingerprint density at radius 1 is 1.29 bits per heavy atom. The SMILES string of the molecule is O=C(O)c1cncc(Oc2ccccc2I)n1. The highest BCUT2D eigenvalue weighted by molar-refractivity contribution is 14.1. The molecule has 1 heterocycles. The summed E-state index contributed by atoms with van der Waals surface area (Å²) in [5.74, 6) is -0.357. The number of aromatic carboxylic acids is 1. The molecular formula is C11H7IN2O3. The Labute approximate surface area is 111 Å². The molecule has 1 aromatic heterocycles. The lowest BCUT2D eigenvalue weighted by atomic mass is 10.3. The second-order valence-corrected chi connectivity index (χ2v) is 4.24. The summed E-state index contributed by atoms with van der Waals surface area (Å²) in [5.41, 5.74) is -0.145. The van der Waals surface area contributed by atoms with Gasteiger partial charge in [0.2, 0.25) is 5.88 Å². The van der Waals surface area contributed by atoms with Crippen LogP contribution in [0.15, 0.2) is 36.7 Å². The predicted octanol–water partition coefficient (Wildman–Crippen LogP) is 2.57. The molecule has 0 unspecified atom stereocenters. The van der Waals surface area contributed by atoms with E-state index in [1.165, 1.54) is 12.4 Å². The number of carboxylic acid groups (broad SMARTS) is 1. The van der Waals surface area contributed by atoms with Crippen molar-refractivity contribution in [1.29, 1.82) is 0 Å².